The fourth-order valence-electron chi connectivity index (χ4n) is 4.23. The van der Waals surface area contributed by atoms with E-state index < -0.39 is 17.2 Å². The predicted molar refractivity (Wildman–Crippen MR) is 127 cm³/mol. The first-order valence-electron chi connectivity index (χ1n) is 10.0. The fourth-order valence-corrected chi connectivity index (χ4v) is 4.98. The Morgan fingerprint density at radius 3 is 2.56 bits per heavy atom. The highest BCUT2D eigenvalue weighted by Gasteiger charge is 2.25. The number of amides is 1. The molecule has 0 spiro atoms. The first-order valence-corrected chi connectivity index (χ1v) is 11.0. The molecule has 0 atom stereocenters. The lowest BCUT2D eigenvalue weighted by molar-refractivity contribution is 0.0992. The smallest absolute Gasteiger partial charge is 0.333 e. The zero-order valence-corrected chi connectivity index (χ0v) is 18.3. The fraction of sp³-hybridized carbons (Fsp3) is 0.125. The van der Waals surface area contributed by atoms with Crippen LogP contribution in [0.5, 0.6) is 0 Å². The van der Waals surface area contributed by atoms with Gasteiger partial charge in [-0.05, 0) is 31.5 Å². The second-order valence-corrected chi connectivity index (χ2v) is 8.67. The van der Waals surface area contributed by atoms with Gasteiger partial charge in [-0.25, -0.2) is 9.36 Å². The highest BCUT2D eigenvalue weighted by Crippen LogP contribution is 2.30. The van der Waals surface area contributed by atoms with Crippen LogP contribution in [0.3, 0.4) is 0 Å². The molecule has 0 aliphatic rings. The SMILES string of the molecule is Cc1cccc(Cn2c(C(N)=O)c(-n3c(=O)[nH]c4cscc4c3=O)c3cc(C)ccc32)c1. The molecule has 3 heterocycles. The number of aromatic nitrogens is 3. The monoisotopic (exact) mass is 444 g/mol. The number of primary amides is 1. The van der Waals surface area contributed by atoms with Gasteiger partial charge >= 0.3 is 5.69 Å². The van der Waals surface area contributed by atoms with Gasteiger partial charge in [-0.1, -0.05) is 41.5 Å². The molecule has 32 heavy (non-hydrogen) atoms. The molecule has 7 nitrogen and oxygen atoms in total. The number of fused-ring (bicyclic) bond motifs is 2. The molecular weight excluding hydrogens is 424 g/mol. The lowest BCUT2D eigenvalue weighted by atomic mass is 10.1. The Morgan fingerprint density at radius 2 is 1.81 bits per heavy atom. The van der Waals surface area contributed by atoms with Crippen molar-refractivity contribution in [2.45, 2.75) is 20.4 Å². The van der Waals surface area contributed by atoms with E-state index in [1.54, 1.807) is 15.3 Å². The molecule has 5 aromatic rings. The number of hydrogen-bond acceptors (Lipinski definition) is 4. The van der Waals surface area contributed by atoms with Crippen LogP contribution in [0.4, 0.5) is 0 Å². The van der Waals surface area contributed by atoms with Crippen LogP contribution < -0.4 is 17.0 Å². The van der Waals surface area contributed by atoms with Crippen LogP contribution in [-0.4, -0.2) is 20.0 Å². The third-order valence-corrected chi connectivity index (χ3v) is 6.36. The van der Waals surface area contributed by atoms with Gasteiger partial charge < -0.3 is 15.3 Å². The Morgan fingerprint density at radius 1 is 1.03 bits per heavy atom. The molecule has 2 aromatic carbocycles. The Bertz CT molecular complexity index is 1650. The zero-order chi connectivity index (χ0) is 22.6. The molecular formula is C24H20N4O3S. The number of aromatic amines is 1. The number of rotatable bonds is 4. The Hall–Kier alpha value is -3.91. The summed E-state index contributed by atoms with van der Waals surface area (Å²) in [6.45, 7) is 4.28. The molecule has 0 unspecified atom stereocenters. The molecule has 1 amide bonds. The van der Waals surface area contributed by atoms with E-state index in [1.807, 2.05) is 56.3 Å². The Labute approximate surface area is 186 Å². The van der Waals surface area contributed by atoms with Gasteiger partial charge in [0.05, 0.1) is 22.1 Å². The lowest BCUT2D eigenvalue weighted by Gasteiger charge is -2.11. The van der Waals surface area contributed by atoms with Crippen molar-refractivity contribution in [2.75, 3.05) is 0 Å². The minimum absolute atomic E-state index is 0.120. The second kappa shape index (κ2) is 7.35. The van der Waals surface area contributed by atoms with Crippen molar-refractivity contribution in [3.8, 4) is 5.69 Å². The van der Waals surface area contributed by atoms with Crippen molar-refractivity contribution in [2.24, 2.45) is 5.73 Å². The van der Waals surface area contributed by atoms with Crippen LogP contribution in [0.25, 0.3) is 27.5 Å². The van der Waals surface area contributed by atoms with Crippen LogP contribution in [-0.2, 0) is 6.54 Å². The van der Waals surface area contributed by atoms with Gasteiger partial charge in [0.1, 0.15) is 5.69 Å². The van der Waals surface area contributed by atoms with E-state index in [1.165, 1.54) is 11.3 Å². The maximum Gasteiger partial charge on any atom is 0.333 e. The summed E-state index contributed by atoms with van der Waals surface area (Å²) in [5, 5.41) is 4.40. The van der Waals surface area contributed by atoms with Crippen molar-refractivity contribution in [3.05, 3.63) is 96.4 Å². The average Bonchev–Trinajstić information content (AvgIpc) is 3.31. The highest BCUT2D eigenvalue weighted by atomic mass is 32.1. The summed E-state index contributed by atoms with van der Waals surface area (Å²) in [5.74, 6) is -0.710. The van der Waals surface area contributed by atoms with Crippen LogP contribution in [0.2, 0.25) is 0 Å². The van der Waals surface area contributed by atoms with Crippen molar-refractivity contribution >= 4 is 39.0 Å². The van der Waals surface area contributed by atoms with Gasteiger partial charge in [-0.15, -0.1) is 11.3 Å². The molecule has 0 radical (unpaired) electrons. The first kappa shape index (κ1) is 20.0. The number of hydrogen-bond donors (Lipinski definition) is 2. The van der Waals surface area contributed by atoms with E-state index in [4.69, 9.17) is 5.73 Å². The molecule has 0 saturated carbocycles. The average molecular weight is 445 g/mol. The topological polar surface area (TPSA) is 103 Å². The number of carbonyl (C=O) groups is 1. The summed E-state index contributed by atoms with van der Waals surface area (Å²) in [5.41, 5.74) is 9.28. The van der Waals surface area contributed by atoms with E-state index in [2.05, 4.69) is 4.98 Å². The molecule has 8 heteroatoms. The number of H-pyrrole nitrogens is 1. The number of nitrogens with one attached hydrogen (secondary N) is 1. The molecule has 0 bridgehead atoms. The molecule has 3 aromatic heterocycles. The lowest BCUT2D eigenvalue weighted by Crippen LogP contribution is -2.35. The highest BCUT2D eigenvalue weighted by molar-refractivity contribution is 7.09. The van der Waals surface area contributed by atoms with E-state index in [0.717, 1.165) is 26.8 Å². The summed E-state index contributed by atoms with van der Waals surface area (Å²) in [4.78, 5) is 41.8. The van der Waals surface area contributed by atoms with Gasteiger partial charge in [-0.3, -0.25) is 9.59 Å². The van der Waals surface area contributed by atoms with Gasteiger partial charge in [-0.2, -0.15) is 0 Å². The largest absolute Gasteiger partial charge is 0.364 e. The third-order valence-electron chi connectivity index (χ3n) is 5.61. The molecule has 5 rings (SSSR count). The quantitative estimate of drug-likeness (QED) is 0.444. The number of thiophene rings is 1. The number of nitrogens with zero attached hydrogens (tertiary/aromatic N) is 2. The van der Waals surface area contributed by atoms with Crippen LogP contribution in [0.1, 0.15) is 27.2 Å². The van der Waals surface area contributed by atoms with Crippen LogP contribution in [0.15, 0.2) is 62.8 Å². The van der Waals surface area contributed by atoms with Gasteiger partial charge in [0.15, 0.2) is 0 Å². The number of aryl methyl sites for hydroxylation is 2. The summed E-state index contributed by atoms with van der Waals surface area (Å²) in [6, 6.07) is 13.6. The summed E-state index contributed by atoms with van der Waals surface area (Å²) < 4.78 is 2.81. The minimum Gasteiger partial charge on any atom is -0.364 e. The zero-order valence-electron chi connectivity index (χ0n) is 17.5. The summed E-state index contributed by atoms with van der Waals surface area (Å²) in [6.07, 6.45) is 0. The molecule has 0 aliphatic heterocycles. The molecule has 160 valence electrons. The maximum absolute atomic E-state index is 13.3. The van der Waals surface area contributed by atoms with E-state index in [9.17, 15) is 14.4 Å². The Kier molecular flexibility index (Phi) is 4.60. The van der Waals surface area contributed by atoms with Gasteiger partial charge in [0, 0.05) is 22.7 Å². The molecule has 0 fully saturated rings. The summed E-state index contributed by atoms with van der Waals surface area (Å²) in [7, 11) is 0. The minimum atomic E-state index is -0.710. The van der Waals surface area contributed by atoms with Crippen LogP contribution in [0, 0.1) is 13.8 Å². The predicted octanol–water partition coefficient (Wildman–Crippen LogP) is 3.46. The number of carbonyl (C=O) groups excluding carboxylic acids is 1. The van der Waals surface area contributed by atoms with Crippen molar-refractivity contribution in [1.29, 1.82) is 0 Å². The molecule has 3 N–H and O–H groups in total. The van der Waals surface area contributed by atoms with Gasteiger partial charge in [0.2, 0.25) is 0 Å². The number of benzene rings is 2. The summed E-state index contributed by atoms with van der Waals surface area (Å²) >= 11 is 1.32. The second-order valence-electron chi connectivity index (χ2n) is 7.93. The van der Waals surface area contributed by atoms with Crippen molar-refractivity contribution in [3.63, 3.8) is 0 Å². The normalized spacial score (nSPS) is 11.4. The Balaban J connectivity index is 1.91. The van der Waals surface area contributed by atoms with E-state index in [-0.39, 0.29) is 11.4 Å². The molecule has 0 saturated heterocycles. The van der Waals surface area contributed by atoms with Crippen molar-refractivity contribution in [1.82, 2.24) is 14.1 Å². The van der Waals surface area contributed by atoms with E-state index in [0.29, 0.717) is 22.8 Å². The third kappa shape index (κ3) is 3.07. The molecule has 0 aliphatic carbocycles. The standard InChI is InChI=1S/C24H20N4O3S/c1-13-4-3-5-15(8-13)10-27-19-7-6-14(2)9-16(19)20(21(27)22(25)29)28-23(30)17-11-32-12-18(17)26-24(28)31/h3-9,11-12H,10H2,1-2H3,(H2,25,29)(H,26,31). The van der Waals surface area contributed by atoms with Gasteiger partial charge in [0.25, 0.3) is 11.5 Å². The van der Waals surface area contributed by atoms with E-state index >= 15 is 0 Å². The van der Waals surface area contributed by atoms with Crippen LogP contribution >= 0.6 is 11.3 Å². The first-order chi connectivity index (χ1) is 15.3. The van der Waals surface area contributed by atoms with Crippen molar-refractivity contribution < 1.29 is 4.79 Å². The maximum atomic E-state index is 13.3. The number of nitrogens with two attached hydrogens (primary N) is 1.